The minimum Gasteiger partial charge on any atom is -0.394 e. The fourth-order valence-electron chi connectivity index (χ4n) is 1.21. The fourth-order valence-corrected chi connectivity index (χ4v) is 1.21. The molecule has 1 heterocycles. The predicted octanol–water partition coefficient (Wildman–Crippen LogP) is 2.10. The molecule has 14 heavy (non-hydrogen) atoms. The number of allylic oxidation sites excluding steroid dienone is 5. The lowest BCUT2D eigenvalue weighted by Crippen LogP contribution is -2.08. The quantitative estimate of drug-likeness (QED) is 0.663. The van der Waals surface area contributed by atoms with Crippen molar-refractivity contribution in [1.29, 1.82) is 0 Å². The number of dihydropyridines is 1. The van der Waals surface area contributed by atoms with E-state index in [2.05, 4.69) is 48.1 Å². The molecule has 1 aliphatic heterocycles. The summed E-state index contributed by atoms with van der Waals surface area (Å²) in [6.45, 7) is 3.06. The lowest BCUT2D eigenvalue weighted by atomic mass is 10.1. The highest BCUT2D eigenvalue weighted by atomic mass is 14.8. The molecule has 0 fully saturated rings. The van der Waals surface area contributed by atoms with Crippen LogP contribution in [0.5, 0.6) is 0 Å². The highest BCUT2D eigenvalue weighted by Gasteiger charge is 1.93. The van der Waals surface area contributed by atoms with E-state index in [0.717, 1.165) is 13.0 Å². The summed E-state index contributed by atoms with van der Waals surface area (Å²) in [5.41, 5.74) is 2.60. The molecule has 76 valence electrons. The summed E-state index contributed by atoms with van der Waals surface area (Å²) in [5, 5.41) is 6.17. The predicted molar refractivity (Wildman–Crippen MR) is 61.8 cm³/mol. The molecule has 0 aromatic heterocycles. The third kappa shape index (κ3) is 3.99. The van der Waals surface area contributed by atoms with Gasteiger partial charge in [-0.05, 0) is 31.2 Å². The Kier molecular flexibility index (Phi) is 4.62. The molecular formula is C12H18N2. The number of hydrogen-bond donors (Lipinski definition) is 2. The van der Waals surface area contributed by atoms with Gasteiger partial charge in [0.05, 0.1) is 0 Å². The molecule has 0 saturated carbocycles. The van der Waals surface area contributed by atoms with Crippen LogP contribution in [0.4, 0.5) is 0 Å². The van der Waals surface area contributed by atoms with E-state index in [1.54, 1.807) is 0 Å². The van der Waals surface area contributed by atoms with E-state index < -0.39 is 0 Å². The molecule has 0 spiro atoms. The van der Waals surface area contributed by atoms with Gasteiger partial charge >= 0.3 is 0 Å². The molecule has 0 aromatic carbocycles. The Morgan fingerprint density at radius 3 is 3.14 bits per heavy atom. The molecule has 0 bridgehead atoms. The summed E-state index contributed by atoms with van der Waals surface area (Å²) in [4.78, 5) is 0. The lowest BCUT2D eigenvalue weighted by molar-refractivity contribution is 0.943. The molecule has 0 aromatic rings. The van der Waals surface area contributed by atoms with Gasteiger partial charge in [0.2, 0.25) is 0 Å². The first-order valence-electron chi connectivity index (χ1n) is 4.92. The van der Waals surface area contributed by atoms with Crippen LogP contribution < -0.4 is 10.6 Å². The Morgan fingerprint density at radius 2 is 2.50 bits per heavy atom. The van der Waals surface area contributed by atoms with Crippen LogP contribution in [-0.4, -0.2) is 13.6 Å². The van der Waals surface area contributed by atoms with Crippen molar-refractivity contribution in [1.82, 2.24) is 10.6 Å². The Labute approximate surface area is 86.1 Å². The van der Waals surface area contributed by atoms with Gasteiger partial charge in [0.25, 0.3) is 0 Å². The van der Waals surface area contributed by atoms with E-state index >= 15 is 0 Å². The molecular weight excluding hydrogens is 172 g/mol. The zero-order chi connectivity index (χ0) is 10.2. The maximum Gasteiger partial charge on any atom is 0.0328 e. The van der Waals surface area contributed by atoms with E-state index in [1.165, 1.54) is 11.1 Å². The van der Waals surface area contributed by atoms with Gasteiger partial charge in [-0.2, -0.15) is 0 Å². The Morgan fingerprint density at radius 1 is 1.64 bits per heavy atom. The van der Waals surface area contributed by atoms with Gasteiger partial charge in [-0.15, -0.1) is 0 Å². The Hall–Kier alpha value is -1.44. The summed E-state index contributed by atoms with van der Waals surface area (Å²) < 4.78 is 0. The first-order chi connectivity index (χ1) is 6.83. The van der Waals surface area contributed by atoms with Crippen molar-refractivity contribution in [3.63, 3.8) is 0 Å². The zero-order valence-corrected chi connectivity index (χ0v) is 8.88. The fraction of sp³-hybridized carbons (Fsp3) is 0.333. The van der Waals surface area contributed by atoms with Gasteiger partial charge in [-0.25, -0.2) is 0 Å². The van der Waals surface area contributed by atoms with Gasteiger partial charge in [0.1, 0.15) is 0 Å². The van der Waals surface area contributed by atoms with Crippen LogP contribution >= 0.6 is 0 Å². The monoisotopic (exact) mass is 190 g/mol. The largest absolute Gasteiger partial charge is 0.394 e. The second-order valence-corrected chi connectivity index (χ2v) is 3.30. The average Bonchev–Trinajstić information content (AvgIpc) is 2.25. The molecule has 0 radical (unpaired) electrons. The molecule has 0 amide bonds. The SMILES string of the molecule is CN/C=C\C(C)=C/CC1=CNCC=C1. The van der Waals surface area contributed by atoms with E-state index in [1.807, 2.05) is 13.2 Å². The highest BCUT2D eigenvalue weighted by Crippen LogP contribution is 2.08. The minimum absolute atomic E-state index is 0.950. The van der Waals surface area contributed by atoms with Crippen molar-refractivity contribution in [2.24, 2.45) is 0 Å². The summed E-state index contributed by atoms with van der Waals surface area (Å²) in [7, 11) is 1.90. The summed E-state index contributed by atoms with van der Waals surface area (Å²) in [6, 6.07) is 0. The molecule has 2 N–H and O–H groups in total. The van der Waals surface area contributed by atoms with E-state index in [0.29, 0.717) is 0 Å². The molecule has 0 aliphatic carbocycles. The third-order valence-corrected chi connectivity index (χ3v) is 2.03. The minimum atomic E-state index is 0.950. The third-order valence-electron chi connectivity index (χ3n) is 2.03. The van der Waals surface area contributed by atoms with E-state index in [-0.39, 0.29) is 0 Å². The number of nitrogens with one attached hydrogen (secondary N) is 2. The average molecular weight is 190 g/mol. The van der Waals surface area contributed by atoms with Crippen molar-refractivity contribution in [2.75, 3.05) is 13.6 Å². The normalized spacial score (nSPS) is 16.7. The lowest BCUT2D eigenvalue weighted by Gasteiger charge is -2.06. The van der Waals surface area contributed by atoms with Gasteiger partial charge in [-0.1, -0.05) is 23.8 Å². The Bertz CT molecular complexity index is 283. The topological polar surface area (TPSA) is 24.1 Å². The number of rotatable bonds is 4. The summed E-state index contributed by atoms with van der Waals surface area (Å²) in [5.74, 6) is 0. The van der Waals surface area contributed by atoms with Gasteiger partial charge in [-0.3, -0.25) is 0 Å². The molecule has 0 atom stereocenters. The van der Waals surface area contributed by atoms with Crippen molar-refractivity contribution >= 4 is 0 Å². The van der Waals surface area contributed by atoms with Crippen LogP contribution in [0.1, 0.15) is 13.3 Å². The smallest absolute Gasteiger partial charge is 0.0328 e. The summed E-state index contributed by atoms with van der Waals surface area (Å²) in [6.07, 6.45) is 13.6. The highest BCUT2D eigenvalue weighted by molar-refractivity contribution is 5.27. The first kappa shape index (κ1) is 10.6. The van der Waals surface area contributed by atoms with Gasteiger partial charge in [0, 0.05) is 19.8 Å². The second-order valence-electron chi connectivity index (χ2n) is 3.30. The standard InChI is InChI=1S/C12H18N2/c1-11(7-9-13-2)5-6-12-4-3-8-14-10-12/h3-5,7,9-10,13-14H,6,8H2,1-2H3/b9-7-,11-5-. The molecule has 1 aliphatic rings. The van der Waals surface area contributed by atoms with Crippen molar-refractivity contribution in [3.8, 4) is 0 Å². The van der Waals surface area contributed by atoms with Crippen molar-refractivity contribution in [3.05, 3.63) is 47.9 Å². The Balaban J connectivity index is 2.41. The maximum atomic E-state index is 3.19. The molecule has 0 saturated heterocycles. The van der Waals surface area contributed by atoms with Crippen LogP contribution in [0, 0.1) is 0 Å². The van der Waals surface area contributed by atoms with E-state index in [4.69, 9.17) is 0 Å². The number of hydrogen-bond acceptors (Lipinski definition) is 2. The van der Waals surface area contributed by atoms with Crippen LogP contribution in [-0.2, 0) is 0 Å². The van der Waals surface area contributed by atoms with Crippen molar-refractivity contribution in [2.45, 2.75) is 13.3 Å². The van der Waals surface area contributed by atoms with Gasteiger partial charge in [0.15, 0.2) is 0 Å². The van der Waals surface area contributed by atoms with Gasteiger partial charge < -0.3 is 10.6 Å². The molecule has 2 heteroatoms. The molecule has 1 rings (SSSR count). The van der Waals surface area contributed by atoms with Crippen LogP contribution in [0.3, 0.4) is 0 Å². The van der Waals surface area contributed by atoms with Crippen molar-refractivity contribution < 1.29 is 0 Å². The second kappa shape index (κ2) is 6.08. The molecule has 0 unspecified atom stereocenters. The van der Waals surface area contributed by atoms with Crippen LogP contribution in [0.15, 0.2) is 47.9 Å². The molecule has 2 nitrogen and oxygen atoms in total. The zero-order valence-electron chi connectivity index (χ0n) is 8.88. The van der Waals surface area contributed by atoms with E-state index in [9.17, 15) is 0 Å². The summed E-state index contributed by atoms with van der Waals surface area (Å²) >= 11 is 0. The van der Waals surface area contributed by atoms with Crippen LogP contribution in [0.2, 0.25) is 0 Å². The first-order valence-corrected chi connectivity index (χ1v) is 4.92. The maximum absolute atomic E-state index is 3.19. The van der Waals surface area contributed by atoms with Crippen LogP contribution in [0.25, 0.3) is 0 Å².